The Morgan fingerprint density at radius 3 is 2.12 bits per heavy atom. The topological polar surface area (TPSA) is 12.0 Å². The fourth-order valence-corrected chi connectivity index (χ4v) is 8.49. The van der Waals surface area contributed by atoms with Gasteiger partial charge in [0.15, 0.2) is 0 Å². The summed E-state index contributed by atoms with van der Waals surface area (Å²) in [5, 5.41) is 7.62. The standard InChI is InChI=1S/C22H37NSi2/c1-21(2,3)23-20(24-17-13-10-9-11-14-17)18-15-12-16-19(18)25(7,8)22(4,5)6/h9-14,16,20,23H,15,24H2,1-8H3. The highest BCUT2D eigenvalue weighted by atomic mass is 28.3. The van der Waals surface area contributed by atoms with Crippen LogP contribution in [0.25, 0.3) is 0 Å². The normalized spacial score (nSPS) is 17.8. The van der Waals surface area contributed by atoms with Gasteiger partial charge in [-0.1, -0.05) is 92.3 Å². The zero-order valence-electron chi connectivity index (χ0n) is 17.5. The maximum Gasteiger partial charge on any atom is 0.0859 e. The maximum atomic E-state index is 3.99. The molecule has 1 aliphatic rings. The number of benzene rings is 1. The molecule has 0 spiro atoms. The van der Waals surface area contributed by atoms with Crippen LogP contribution in [0.5, 0.6) is 0 Å². The predicted molar refractivity (Wildman–Crippen MR) is 119 cm³/mol. The summed E-state index contributed by atoms with van der Waals surface area (Å²) in [7, 11) is -1.94. The number of nitrogens with one attached hydrogen (secondary N) is 1. The fourth-order valence-electron chi connectivity index (χ4n) is 3.50. The summed E-state index contributed by atoms with van der Waals surface area (Å²) in [4.78, 5) is 0. The van der Waals surface area contributed by atoms with E-state index in [-0.39, 0.29) is 5.54 Å². The third-order valence-corrected chi connectivity index (χ3v) is 13.5. The first-order valence-electron chi connectivity index (χ1n) is 9.63. The zero-order valence-corrected chi connectivity index (χ0v) is 19.9. The molecule has 0 saturated heterocycles. The molecule has 25 heavy (non-hydrogen) atoms. The first-order chi connectivity index (χ1) is 11.4. The minimum Gasteiger partial charge on any atom is -0.308 e. The first kappa shape index (κ1) is 20.4. The molecule has 1 atom stereocenters. The van der Waals surface area contributed by atoms with E-state index >= 15 is 0 Å². The lowest BCUT2D eigenvalue weighted by molar-refractivity contribution is 0.424. The van der Waals surface area contributed by atoms with Crippen LogP contribution in [0, 0.1) is 0 Å². The van der Waals surface area contributed by atoms with E-state index in [1.807, 2.05) is 0 Å². The van der Waals surface area contributed by atoms with Gasteiger partial charge in [-0.15, -0.1) is 0 Å². The smallest absolute Gasteiger partial charge is 0.0859 e. The summed E-state index contributed by atoms with van der Waals surface area (Å²) >= 11 is 0. The van der Waals surface area contributed by atoms with Gasteiger partial charge in [-0.05, 0) is 32.2 Å². The molecule has 1 aromatic rings. The molecule has 138 valence electrons. The van der Waals surface area contributed by atoms with Crippen LogP contribution in [0.3, 0.4) is 0 Å². The van der Waals surface area contributed by atoms with E-state index < -0.39 is 17.6 Å². The monoisotopic (exact) mass is 371 g/mol. The van der Waals surface area contributed by atoms with Gasteiger partial charge in [0.25, 0.3) is 0 Å². The van der Waals surface area contributed by atoms with Gasteiger partial charge >= 0.3 is 0 Å². The van der Waals surface area contributed by atoms with Gasteiger partial charge in [0.1, 0.15) is 0 Å². The van der Waals surface area contributed by atoms with E-state index in [0.29, 0.717) is 10.7 Å². The molecule has 0 heterocycles. The quantitative estimate of drug-likeness (QED) is 0.752. The van der Waals surface area contributed by atoms with Crippen molar-refractivity contribution < 1.29 is 0 Å². The van der Waals surface area contributed by atoms with E-state index in [1.54, 1.807) is 16.0 Å². The Kier molecular flexibility index (Phi) is 6.02. The lowest BCUT2D eigenvalue weighted by atomic mass is 10.1. The molecule has 0 aliphatic heterocycles. The van der Waals surface area contributed by atoms with Crippen LogP contribution in [0.2, 0.25) is 18.1 Å². The predicted octanol–water partition coefficient (Wildman–Crippen LogP) is 4.50. The second kappa shape index (κ2) is 7.38. The Bertz CT molecular complexity index is 643. The van der Waals surface area contributed by atoms with Crippen molar-refractivity contribution in [3.05, 3.63) is 53.3 Å². The summed E-state index contributed by atoms with van der Waals surface area (Å²) in [6, 6.07) is 11.1. The highest BCUT2D eigenvalue weighted by Crippen LogP contribution is 2.44. The number of hydrogen-bond donors (Lipinski definition) is 1. The third-order valence-electron chi connectivity index (χ3n) is 5.83. The Labute approximate surface area is 158 Å². The first-order valence-corrected chi connectivity index (χ1v) is 14.2. The van der Waals surface area contributed by atoms with Gasteiger partial charge in [0.05, 0.1) is 17.6 Å². The lowest BCUT2D eigenvalue weighted by Gasteiger charge is -2.40. The van der Waals surface area contributed by atoms with Crippen molar-refractivity contribution in [3.8, 4) is 0 Å². The van der Waals surface area contributed by atoms with Crippen LogP contribution in [0.15, 0.2) is 53.3 Å². The van der Waals surface area contributed by atoms with Crippen molar-refractivity contribution in [1.29, 1.82) is 0 Å². The van der Waals surface area contributed by atoms with Crippen LogP contribution in [-0.2, 0) is 0 Å². The molecule has 2 rings (SSSR count). The Morgan fingerprint density at radius 1 is 1.00 bits per heavy atom. The van der Waals surface area contributed by atoms with Gasteiger partial charge < -0.3 is 5.32 Å². The molecule has 1 aliphatic carbocycles. The molecule has 1 unspecified atom stereocenters. The van der Waals surface area contributed by atoms with Crippen molar-refractivity contribution in [2.24, 2.45) is 0 Å². The Balaban J connectivity index is 2.43. The minimum atomic E-state index is -1.52. The average Bonchev–Trinajstić information content (AvgIpc) is 2.95. The molecule has 0 saturated carbocycles. The van der Waals surface area contributed by atoms with Crippen molar-refractivity contribution >= 4 is 22.8 Å². The van der Waals surface area contributed by atoms with Gasteiger partial charge in [-0.3, -0.25) is 0 Å². The third kappa shape index (κ3) is 5.05. The minimum absolute atomic E-state index is 0.139. The van der Waals surface area contributed by atoms with Crippen molar-refractivity contribution in [2.75, 3.05) is 0 Å². The zero-order chi connectivity index (χ0) is 18.9. The van der Waals surface area contributed by atoms with Crippen LogP contribution in [0.4, 0.5) is 0 Å². The molecule has 0 radical (unpaired) electrons. The van der Waals surface area contributed by atoms with Crippen LogP contribution >= 0.6 is 0 Å². The van der Waals surface area contributed by atoms with Crippen LogP contribution < -0.4 is 10.5 Å². The molecule has 1 N–H and O–H groups in total. The second-order valence-electron chi connectivity index (χ2n) is 10.1. The summed E-state index contributed by atoms with van der Waals surface area (Å²) in [6.07, 6.45) is 6.00. The Hall–Kier alpha value is -0.906. The molecule has 1 nitrogen and oxygen atoms in total. The summed E-state index contributed by atoms with van der Waals surface area (Å²) in [5.41, 5.74) is 2.37. The van der Waals surface area contributed by atoms with E-state index in [9.17, 15) is 0 Å². The fraction of sp³-hybridized carbons (Fsp3) is 0.545. The van der Waals surface area contributed by atoms with E-state index in [4.69, 9.17) is 0 Å². The number of allylic oxidation sites excluding steroid dienone is 3. The highest BCUT2D eigenvalue weighted by Gasteiger charge is 2.41. The second-order valence-corrected chi connectivity index (χ2v) is 17.4. The molecule has 1 aromatic carbocycles. The van der Waals surface area contributed by atoms with E-state index in [1.165, 1.54) is 0 Å². The van der Waals surface area contributed by atoms with Crippen LogP contribution in [-0.4, -0.2) is 28.8 Å². The maximum absolute atomic E-state index is 3.99. The molecule has 0 fully saturated rings. The van der Waals surface area contributed by atoms with Crippen LogP contribution in [0.1, 0.15) is 48.0 Å². The van der Waals surface area contributed by atoms with Gasteiger partial charge in [-0.2, -0.15) is 0 Å². The summed E-state index contributed by atoms with van der Waals surface area (Å²) in [6.45, 7) is 19.3. The van der Waals surface area contributed by atoms with Gasteiger partial charge in [0, 0.05) is 11.2 Å². The van der Waals surface area contributed by atoms with Gasteiger partial charge in [-0.25, -0.2) is 0 Å². The van der Waals surface area contributed by atoms with E-state index in [0.717, 1.165) is 6.42 Å². The lowest BCUT2D eigenvalue weighted by Crippen LogP contribution is -2.51. The molecule has 0 aromatic heterocycles. The Morgan fingerprint density at radius 2 is 1.60 bits per heavy atom. The van der Waals surface area contributed by atoms with E-state index in [2.05, 4.69) is 102 Å². The summed E-state index contributed by atoms with van der Waals surface area (Å²) in [5.74, 6) is 0. The molecule has 3 heteroatoms. The summed E-state index contributed by atoms with van der Waals surface area (Å²) < 4.78 is 0. The largest absolute Gasteiger partial charge is 0.308 e. The SMILES string of the molecule is CC(C)(C)NC([SiH2]c1ccccc1)C1=C([Si](C)(C)C(C)(C)C)C=CC1. The average molecular weight is 372 g/mol. The van der Waals surface area contributed by atoms with Crippen molar-refractivity contribution in [1.82, 2.24) is 5.32 Å². The van der Waals surface area contributed by atoms with Crippen molar-refractivity contribution in [3.63, 3.8) is 0 Å². The van der Waals surface area contributed by atoms with Gasteiger partial charge in [0.2, 0.25) is 0 Å². The number of rotatable bonds is 5. The number of hydrogen-bond acceptors (Lipinski definition) is 1. The molecule has 0 bridgehead atoms. The highest BCUT2D eigenvalue weighted by molar-refractivity contribution is 6.87. The van der Waals surface area contributed by atoms with Crippen molar-refractivity contribution in [2.45, 2.75) is 77.3 Å². The molecule has 0 amide bonds. The molecular formula is C22H37NSi2. The molecular weight excluding hydrogens is 334 g/mol.